The maximum Gasteiger partial charge on any atom is 0.282 e. The summed E-state index contributed by atoms with van der Waals surface area (Å²) in [6, 6.07) is 5.48. The van der Waals surface area contributed by atoms with Crippen molar-refractivity contribution in [3.8, 4) is 0 Å². The van der Waals surface area contributed by atoms with E-state index in [0.717, 1.165) is 0 Å². The van der Waals surface area contributed by atoms with E-state index >= 15 is 0 Å². The van der Waals surface area contributed by atoms with Gasteiger partial charge in [0.25, 0.3) is 11.6 Å². The summed E-state index contributed by atoms with van der Waals surface area (Å²) < 4.78 is 0. The van der Waals surface area contributed by atoms with Crippen molar-refractivity contribution >= 4 is 17.5 Å². The van der Waals surface area contributed by atoms with Crippen molar-refractivity contribution in [2.45, 2.75) is 6.92 Å². The molecule has 0 unspecified atom stereocenters. The first-order chi connectivity index (χ1) is 8.02. The van der Waals surface area contributed by atoms with Crippen LogP contribution < -0.4 is 16.4 Å². The van der Waals surface area contributed by atoms with E-state index in [1.54, 1.807) is 0 Å². The molecule has 0 heterocycles. The highest BCUT2D eigenvalue weighted by molar-refractivity contribution is 5.97. The molecule has 0 aliphatic rings. The zero-order valence-electron chi connectivity index (χ0n) is 8.89. The lowest BCUT2D eigenvalue weighted by molar-refractivity contribution is -0.385. The molecule has 2 amide bonds. The standard InChI is InChI=1S/C9H10N4O4/c1-6(14)10-12-11-9(15)7-4-2-3-5-8(7)13(16)17/h2-5,12H,1H3,(H,10,14)(H,11,15). The van der Waals surface area contributed by atoms with Crippen molar-refractivity contribution in [3.05, 3.63) is 39.9 Å². The molecule has 1 aromatic rings. The second-order valence-electron chi connectivity index (χ2n) is 3.03. The van der Waals surface area contributed by atoms with E-state index in [-0.39, 0.29) is 11.3 Å². The monoisotopic (exact) mass is 238 g/mol. The zero-order valence-corrected chi connectivity index (χ0v) is 8.89. The van der Waals surface area contributed by atoms with Gasteiger partial charge in [-0.3, -0.25) is 30.6 Å². The van der Waals surface area contributed by atoms with Gasteiger partial charge in [0.2, 0.25) is 5.91 Å². The number of nitro benzene ring substituents is 1. The van der Waals surface area contributed by atoms with Crippen LogP contribution in [-0.2, 0) is 4.79 Å². The molecule has 8 heteroatoms. The van der Waals surface area contributed by atoms with Gasteiger partial charge in [-0.05, 0) is 6.07 Å². The Hall–Kier alpha value is -2.48. The van der Waals surface area contributed by atoms with Crippen molar-refractivity contribution in [1.82, 2.24) is 16.4 Å². The first kappa shape index (κ1) is 12.6. The van der Waals surface area contributed by atoms with Crippen molar-refractivity contribution in [2.75, 3.05) is 0 Å². The summed E-state index contributed by atoms with van der Waals surface area (Å²) in [5.74, 6) is -1.13. The Morgan fingerprint density at radius 1 is 1.24 bits per heavy atom. The Kier molecular flexibility index (Phi) is 4.12. The Morgan fingerprint density at radius 3 is 2.47 bits per heavy atom. The van der Waals surface area contributed by atoms with Gasteiger partial charge in [-0.1, -0.05) is 12.1 Å². The molecule has 8 nitrogen and oxygen atoms in total. The van der Waals surface area contributed by atoms with Crippen LogP contribution in [0.25, 0.3) is 0 Å². The van der Waals surface area contributed by atoms with Crippen LogP contribution in [0.5, 0.6) is 0 Å². The minimum absolute atomic E-state index is 0.102. The number of nitrogens with zero attached hydrogens (tertiary/aromatic N) is 1. The molecule has 0 atom stereocenters. The van der Waals surface area contributed by atoms with Gasteiger partial charge in [-0.15, -0.1) is 5.53 Å². The predicted octanol–water partition coefficient (Wildman–Crippen LogP) is -0.120. The average Bonchev–Trinajstić information content (AvgIpc) is 2.28. The van der Waals surface area contributed by atoms with Crippen LogP contribution >= 0.6 is 0 Å². The van der Waals surface area contributed by atoms with Gasteiger partial charge in [0.15, 0.2) is 0 Å². The molecule has 1 aromatic carbocycles. The van der Waals surface area contributed by atoms with Crippen LogP contribution in [0.3, 0.4) is 0 Å². The summed E-state index contributed by atoms with van der Waals surface area (Å²) in [7, 11) is 0. The van der Waals surface area contributed by atoms with Gasteiger partial charge in [-0.2, -0.15) is 0 Å². The molecule has 17 heavy (non-hydrogen) atoms. The summed E-state index contributed by atoms with van der Waals surface area (Å²) in [5.41, 5.74) is 5.92. The Bertz CT molecular complexity index is 460. The third-order valence-corrected chi connectivity index (χ3v) is 1.76. The third-order valence-electron chi connectivity index (χ3n) is 1.76. The minimum Gasteiger partial charge on any atom is -0.274 e. The molecule has 0 aliphatic carbocycles. The van der Waals surface area contributed by atoms with Crippen molar-refractivity contribution < 1.29 is 14.5 Å². The summed E-state index contributed by atoms with van der Waals surface area (Å²) in [6.45, 7) is 1.24. The number of nitro groups is 1. The number of carbonyl (C=O) groups excluding carboxylic acids is 2. The molecule has 0 radical (unpaired) electrons. The molecule has 0 aromatic heterocycles. The SMILES string of the molecule is CC(=O)NNNC(=O)c1ccccc1[N+](=O)[O-]. The van der Waals surface area contributed by atoms with Crippen molar-refractivity contribution in [3.63, 3.8) is 0 Å². The molecule has 0 saturated carbocycles. The third kappa shape index (κ3) is 3.54. The maximum absolute atomic E-state index is 11.5. The van der Waals surface area contributed by atoms with Crippen LogP contribution in [0.15, 0.2) is 24.3 Å². The topological polar surface area (TPSA) is 113 Å². The second kappa shape index (κ2) is 5.56. The molecule has 0 saturated heterocycles. The summed E-state index contributed by atoms with van der Waals surface area (Å²) in [5, 5.41) is 10.6. The van der Waals surface area contributed by atoms with Gasteiger partial charge < -0.3 is 0 Å². The second-order valence-corrected chi connectivity index (χ2v) is 3.03. The van der Waals surface area contributed by atoms with E-state index < -0.39 is 16.7 Å². The fourth-order valence-electron chi connectivity index (χ4n) is 1.07. The zero-order chi connectivity index (χ0) is 12.8. The predicted molar refractivity (Wildman–Crippen MR) is 57.5 cm³/mol. The van der Waals surface area contributed by atoms with Crippen LogP contribution in [-0.4, -0.2) is 16.7 Å². The quantitative estimate of drug-likeness (QED) is 0.500. The molecule has 0 bridgehead atoms. The van der Waals surface area contributed by atoms with Gasteiger partial charge in [0.1, 0.15) is 5.56 Å². The van der Waals surface area contributed by atoms with Crippen LogP contribution in [0.4, 0.5) is 5.69 Å². The van der Waals surface area contributed by atoms with Gasteiger partial charge in [-0.25, -0.2) is 0 Å². The van der Waals surface area contributed by atoms with E-state index in [4.69, 9.17) is 0 Å². The number of nitrogens with one attached hydrogen (secondary N) is 3. The smallest absolute Gasteiger partial charge is 0.274 e. The van der Waals surface area contributed by atoms with E-state index in [1.807, 2.05) is 0 Å². The van der Waals surface area contributed by atoms with Crippen LogP contribution in [0.1, 0.15) is 17.3 Å². The molecule has 3 N–H and O–H groups in total. The fraction of sp³-hybridized carbons (Fsp3) is 0.111. The largest absolute Gasteiger partial charge is 0.282 e. The van der Waals surface area contributed by atoms with Crippen molar-refractivity contribution in [1.29, 1.82) is 0 Å². The summed E-state index contributed by atoms with van der Waals surface area (Å²) >= 11 is 0. The van der Waals surface area contributed by atoms with Gasteiger partial charge in [0.05, 0.1) is 4.92 Å². The first-order valence-corrected chi connectivity index (χ1v) is 4.57. The first-order valence-electron chi connectivity index (χ1n) is 4.57. The molecule has 0 spiro atoms. The number of hydrazine groups is 2. The van der Waals surface area contributed by atoms with Crippen LogP contribution in [0.2, 0.25) is 0 Å². The number of carbonyl (C=O) groups is 2. The molecule has 90 valence electrons. The normalized spacial score (nSPS) is 9.47. The lowest BCUT2D eigenvalue weighted by atomic mass is 10.2. The molecule has 0 fully saturated rings. The lowest BCUT2D eigenvalue weighted by Gasteiger charge is -2.06. The highest BCUT2D eigenvalue weighted by atomic mass is 16.6. The highest BCUT2D eigenvalue weighted by Gasteiger charge is 2.18. The van der Waals surface area contributed by atoms with Crippen LogP contribution in [0, 0.1) is 10.1 Å². The number of amides is 2. The summed E-state index contributed by atoms with van der Waals surface area (Å²) in [4.78, 5) is 32.0. The maximum atomic E-state index is 11.5. The van der Waals surface area contributed by atoms with E-state index in [0.29, 0.717) is 0 Å². The van der Waals surface area contributed by atoms with E-state index in [9.17, 15) is 19.7 Å². The number of hydrogen-bond acceptors (Lipinski definition) is 5. The summed E-state index contributed by atoms with van der Waals surface area (Å²) in [6.07, 6.45) is 0. The highest BCUT2D eigenvalue weighted by Crippen LogP contribution is 2.16. The molecular weight excluding hydrogens is 228 g/mol. The molecular formula is C9H10N4O4. The van der Waals surface area contributed by atoms with Gasteiger partial charge in [0, 0.05) is 13.0 Å². The minimum atomic E-state index is -0.717. The Morgan fingerprint density at radius 2 is 1.88 bits per heavy atom. The van der Waals surface area contributed by atoms with Gasteiger partial charge >= 0.3 is 0 Å². The van der Waals surface area contributed by atoms with E-state index in [1.165, 1.54) is 31.2 Å². The average molecular weight is 238 g/mol. The Balaban J connectivity index is 2.75. The van der Waals surface area contributed by atoms with Crippen molar-refractivity contribution in [2.24, 2.45) is 0 Å². The molecule has 1 rings (SSSR count). The number of hydrogen-bond donors (Lipinski definition) is 3. The molecule has 0 aliphatic heterocycles. The fourth-order valence-corrected chi connectivity index (χ4v) is 1.07. The Labute approximate surface area is 96.1 Å². The van der Waals surface area contributed by atoms with E-state index in [2.05, 4.69) is 16.4 Å². The number of para-hydroxylation sites is 1. The number of rotatable bonds is 4. The lowest BCUT2D eigenvalue weighted by Crippen LogP contribution is -2.48. The number of benzene rings is 1.